The molecular formula is C27H35FN4O2. The molecule has 4 rings (SSSR count). The molecule has 7 heteroatoms. The van der Waals surface area contributed by atoms with E-state index in [9.17, 15) is 9.50 Å². The number of fused-ring (bicyclic) bond motifs is 1. The maximum Gasteiger partial charge on any atom is 0.127 e. The zero-order chi connectivity index (χ0) is 24.1. The Bertz CT molecular complexity index is 1080. The van der Waals surface area contributed by atoms with Gasteiger partial charge in [-0.1, -0.05) is 36.4 Å². The van der Waals surface area contributed by atoms with Gasteiger partial charge in [-0.15, -0.1) is 0 Å². The number of nitrogens with zero attached hydrogens (tertiary/aromatic N) is 4. The highest BCUT2D eigenvalue weighted by molar-refractivity contribution is 5.39. The molecule has 1 aliphatic rings. The van der Waals surface area contributed by atoms with E-state index < -0.39 is 5.54 Å². The van der Waals surface area contributed by atoms with Gasteiger partial charge >= 0.3 is 0 Å². The molecule has 0 atom stereocenters. The third-order valence-corrected chi connectivity index (χ3v) is 6.72. The zero-order valence-electron chi connectivity index (χ0n) is 20.4. The second-order valence-electron chi connectivity index (χ2n) is 9.56. The summed E-state index contributed by atoms with van der Waals surface area (Å²) in [4.78, 5) is 4.52. The molecule has 0 aliphatic carbocycles. The molecule has 0 saturated carbocycles. The largest absolute Gasteiger partial charge is 0.394 e. The van der Waals surface area contributed by atoms with E-state index in [-0.39, 0.29) is 12.4 Å². The Balaban J connectivity index is 1.67. The minimum Gasteiger partial charge on any atom is -0.394 e. The van der Waals surface area contributed by atoms with E-state index in [1.54, 1.807) is 13.2 Å². The van der Waals surface area contributed by atoms with Gasteiger partial charge in [0.05, 0.1) is 30.3 Å². The number of aliphatic hydroxyl groups is 1. The minimum atomic E-state index is -0.413. The average Bonchev–Trinajstić information content (AvgIpc) is 3.21. The molecule has 0 saturated heterocycles. The van der Waals surface area contributed by atoms with Gasteiger partial charge in [0.1, 0.15) is 5.82 Å². The summed E-state index contributed by atoms with van der Waals surface area (Å²) in [6.07, 6.45) is 0.840. The van der Waals surface area contributed by atoms with Crippen LogP contribution in [0.5, 0.6) is 0 Å². The van der Waals surface area contributed by atoms with Crippen molar-refractivity contribution in [2.75, 3.05) is 33.4 Å². The molecule has 3 aromatic rings. The van der Waals surface area contributed by atoms with Gasteiger partial charge in [-0.05, 0) is 32.0 Å². The summed E-state index contributed by atoms with van der Waals surface area (Å²) in [6, 6.07) is 17.2. The van der Waals surface area contributed by atoms with Gasteiger partial charge in [-0.2, -0.15) is 5.10 Å². The summed E-state index contributed by atoms with van der Waals surface area (Å²) in [7, 11) is 1.69. The lowest BCUT2D eigenvalue weighted by molar-refractivity contribution is 0.0286. The van der Waals surface area contributed by atoms with Crippen LogP contribution in [0.25, 0.3) is 5.69 Å². The van der Waals surface area contributed by atoms with Crippen LogP contribution in [0.2, 0.25) is 0 Å². The summed E-state index contributed by atoms with van der Waals surface area (Å²) in [6.45, 7) is 8.10. The lowest BCUT2D eigenvalue weighted by Crippen LogP contribution is -2.48. The molecule has 1 N–H and O–H groups in total. The molecule has 0 fully saturated rings. The van der Waals surface area contributed by atoms with Gasteiger partial charge in [0.25, 0.3) is 0 Å². The molecule has 0 amide bonds. The fraction of sp³-hybridized carbons (Fsp3) is 0.444. The van der Waals surface area contributed by atoms with Gasteiger partial charge in [-0.3, -0.25) is 9.80 Å². The quantitative estimate of drug-likeness (QED) is 0.493. The molecule has 2 aromatic carbocycles. The van der Waals surface area contributed by atoms with E-state index in [0.717, 1.165) is 24.3 Å². The SMILES string of the molecule is COCCN(Cc1nn(-c2ccccc2)c2c1CN(Cc1ccccc1F)CC2)C(C)(C)CO. The Hall–Kier alpha value is -2.58. The van der Waals surface area contributed by atoms with Gasteiger partial charge in [0, 0.05) is 62.9 Å². The zero-order valence-corrected chi connectivity index (χ0v) is 20.4. The Labute approximate surface area is 201 Å². The molecule has 34 heavy (non-hydrogen) atoms. The molecular weight excluding hydrogens is 431 g/mol. The van der Waals surface area contributed by atoms with E-state index in [4.69, 9.17) is 9.84 Å². The number of benzene rings is 2. The molecule has 1 aromatic heterocycles. The summed E-state index contributed by atoms with van der Waals surface area (Å²) < 4.78 is 21.7. The Morgan fingerprint density at radius 1 is 1.12 bits per heavy atom. The van der Waals surface area contributed by atoms with Gasteiger partial charge < -0.3 is 9.84 Å². The Morgan fingerprint density at radius 3 is 2.56 bits per heavy atom. The fourth-order valence-corrected chi connectivity index (χ4v) is 4.53. The highest BCUT2D eigenvalue weighted by atomic mass is 19.1. The molecule has 0 unspecified atom stereocenters. The van der Waals surface area contributed by atoms with Crippen molar-refractivity contribution in [1.82, 2.24) is 19.6 Å². The molecule has 6 nitrogen and oxygen atoms in total. The first-order valence-corrected chi connectivity index (χ1v) is 11.9. The lowest BCUT2D eigenvalue weighted by Gasteiger charge is -2.37. The normalized spacial score (nSPS) is 14.5. The summed E-state index contributed by atoms with van der Waals surface area (Å²) in [5, 5.41) is 15.1. The molecule has 2 heterocycles. The Kier molecular flexibility index (Phi) is 7.78. The van der Waals surface area contributed by atoms with Crippen molar-refractivity contribution in [1.29, 1.82) is 0 Å². The highest BCUT2D eigenvalue weighted by Gasteiger charge is 2.31. The van der Waals surface area contributed by atoms with Crippen molar-refractivity contribution >= 4 is 0 Å². The van der Waals surface area contributed by atoms with Crippen LogP contribution in [-0.2, 0) is 30.8 Å². The predicted octanol–water partition coefficient (Wildman–Crippen LogP) is 3.79. The van der Waals surface area contributed by atoms with Crippen molar-refractivity contribution in [2.45, 2.75) is 45.4 Å². The molecule has 1 aliphatic heterocycles. The minimum absolute atomic E-state index is 0.0394. The molecule has 0 spiro atoms. The van der Waals surface area contributed by atoms with Crippen LogP contribution in [0.3, 0.4) is 0 Å². The lowest BCUT2D eigenvalue weighted by atomic mass is 10.0. The van der Waals surface area contributed by atoms with Crippen molar-refractivity contribution in [3.8, 4) is 5.69 Å². The predicted molar refractivity (Wildman–Crippen MR) is 131 cm³/mol. The number of para-hydroxylation sites is 1. The first-order chi connectivity index (χ1) is 16.4. The Morgan fingerprint density at radius 2 is 1.85 bits per heavy atom. The van der Waals surface area contributed by atoms with Gasteiger partial charge in [0.15, 0.2) is 0 Å². The number of ether oxygens (including phenoxy) is 1. The van der Waals surface area contributed by atoms with Crippen molar-refractivity contribution in [3.05, 3.63) is 82.9 Å². The topological polar surface area (TPSA) is 53.8 Å². The van der Waals surface area contributed by atoms with Crippen LogP contribution in [0, 0.1) is 5.82 Å². The fourth-order valence-electron chi connectivity index (χ4n) is 4.53. The number of aliphatic hydroxyl groups excluding tert-OH is 1. The first kappa shape index (κ1) is 24.5. The number of aromatic nitrogens is 2. The third kappa shape index (κ3) is 5.39. The third-order valence-electron chi connectivity index (χ3n) is 6.72. The van der Waals surface area contributed by atoms with E-state index in [1.165, 1.54) is 17.3 Å². The first-order valence-electron chi connectivity index (χ1n) is 11.9. The van der Waals surface area contributed by atoms with Gasteiger partial charge in [-0.25, -0.2) is 9.07 Å². The van der Waals surface area contributed by atoms with E-state index in [1.807, 2.05) is 44.2 Å². The van der Waals surface area contributed by atoms with Crippen LogP contribution in [0.15, 0.2) is 54.6 Å². The summed E-state index contributed by atoms with van der Waals surface area (Å²) in [5.41, 5.74) is 4.74. The number of hydrogen-bond donors (Lipinski definition) is 1. The monoisotopic (exact) mass is 466 g/mol. The number of halogens is 1. The second kappa shape index (κ2) is 10.8. The van der Waals surface area contributed by atoms with Crippen molar-refractivity contribution in [2.24, 2.45) is 0 Å². The van der Waals surface area contributed by atoms with Gasteiger partial charge in [0.2, 0.25) is 0 Å². The maximum atomic E-state index is 14.3. The van der Waals surface area contributed by atoms with Crippen LogP contribution in [0.1, 0.15) is 36.4 Å². The number of rotatable bonds is 10. The van der Waals surface area contributed by atoms with Crippen molar-refractivity contribution < 1.29 is 14.2 Å². The molecule has 182 valence electrons. The summed E-state index contributed by atoms with van der Waals surface area (Å²) >= 11 is 0. The smallest absolute Gasteiger partial charge is 0.127 e. The average molecular weight is 467 g/mol. The van der Waals surface area contributed by atoms with E-state index >= 15 is 0 Å². The molecule has 0 bridgehead atoms. The van der Waals surface area contributed by atoms with Crippen LogP contribution >= 0.6 is 0 Å². The van der Waals surface area contributed by atoms with Crippen LogP contribution in [-0.4, -0.2) is 63.6 Å². The molecule has 0 radical (unpaired) electrons. The maximum absolute atomic E-state index is 14.3. The number of hydrogen-bond acceptors (Lipinski definition) is 5. The van der Waals surface area contributed by atoms with E-state index in [2.05, 4.69) is 26.6 Å². The summed E-state index contributed by atoms with van der Waals surface area (Å²) in [5.74, 6) is -0.163. The number of methoxy groups -OCH3 is 1. The van der Waals surface area contributed by atoms with Crippen LogP contribution in [0.4, 0.5) is 4.39 Å². The van der Waals surface area contributed by atoms with Crippen LogP contribution < -0.4 is 0 Å². The van der Waals surface area contributed by atoms with E-state index in [0.29, 0.717) is 38.3 Å². The highest BCUT2D eigenvalue weighted by Crippen LogP contribution is 2.29. The second-order valence-corrected chi connectivity index (χ2v) is 9.56. The standard InChI is InChI=1S/C27H35FN4O2/c1-27(2,20-33)31(15-16-34-3)19-25-23-18-30(17-21-9-7-8-12-24(21)28)14-13-26(23)32(29-25)22-10-5-4-6-11-22/h4-12,33H,13-20H2,1-3H3. The van der Waals surface area contributed by atoms with Crippen molar-refractivity contribution in [3.63, 3.8) is 0 Å².